The number of benzene rings is 3. The van der Waals surface area contributed by atoms with Crippen molar-refractivity contribution in [1.82, 2.24) is 20.3 Å². The number of hydrogen-bond acceptors (Lipinski definition) is 5. The number of nitrogens with one attached hydrogen (secondary N) is 1. The van der Waals surface area contributed by atoms with E-state index in [1.165, 1.54) is 5.56 Å². The van der Waals surface area contributed by atoms with Crippen LogP contribution in [0.2, 0.25) is 0 Å². The maximum atomic E-state index is 5.78. The van der Waals surface area contributed by atoms with Crippen molar-refractivity contribution in [2.24, 2.45) is 5.10 Å². The third-order valence-corrected chi connectivity index (χ3v) is 6.21. The van der Waals surface area contributed by atoms with E-state index in [0.717, 1.165) is 46.7 Å². The van der Waals surface area contributed by atoms with Crippen molar-refractivity contribution in [2.75, 3.05) is 13.7 Å². The van der Waals surface area contributed by atoms with Crippen molar-refractivity contribution in [3.8, 4) is 5.75 Å². The lowest BCUT2D eigenvalue weighted by Crippen LogP contribution is -2.38. The van der Waals surface area contributed by atoms with Crippen LogP contribution in [0.3, 0.4) is 0 Å². The SMILES string of the molecule is COc1ccc(C2=NN(C(=S)NCCc3ccccc3)C(c3cnc4ccccc4n3)C2)cc1. The lowest BCUT2D eigenvalue weighted by Gasteiger charge is -2.24. The number of ether oxygens (including phenoxy) is 1. The van der Waals surface area contributed by atoms with E-state index < -0.39 is 0 Å². The van der Waals surface area contributed by atoms with E-state index in [4.69, 9.17) is 27.0 Å². The Morgan fingerprint density at radius 3 is 2.50 bits per heavy atom. The van der Waals surface area contributed by atoms with Gasteiger partial charge < -0.3 is 10.1 Å². The molecule has 170 valence electrons. The molecule has 0 saturated carbocycles. The summed E-state index contributed by atoms with van der Waals surface area (Å²) in [7, 11) is 1.66. The number of hydrogen-bond donors (Lipinski definition) is 1. The average molecular weight is 468 g/mol. The first kappa shape index (κ1) is 22.0. The van der Waals surface area contributed by atoms with Crippen LogP contribution < -0.4 is 10.1 Å². The van der Waals surface area contributed by atoms with E-state index >= 15 is 0 Å². The number of hydrazone groups is 1. The Morgan fingerprint density at radius 2 is 1.74 bits per heavy atom. The van der Waals surface area contributed by atoms with Crippen LogP contribution in [-0.4, -0.2) is 39.5 Å². The fourth-order valence-corrected chi connectivity index (χ4v) is 4.33. The van der Waals surface area contributed by atoms with Gasteiger partial charge in [-0.15, -0.1) is 0 Å². The van der Waals surface area contributed by atoms with Crippen molar-refractivity contribution >= 4 is 34.1 Å². The van der Waals surface area contributed by atoms with Crippen LogP contribution in [0.15, 0.2) is 90.2 Å². The minimum atomic E-state index is -0.133. The predicted molar refractivity (Wildman–Crippen MR) is 139 cm³/mol. The number of methoxy groups -OCH3 is 1. The molecule has 0 aliphatic carbocycles. The van der Waals surface area contributed by atoms with Gasteiger partial charge in [0.1, 0.15) is 11.8 Å². The molecule has 34 heavy (non-hydrogen) atoms. The molecule has 1 aromatic heterocycles. The zero-order valence-corrected chi connectivity index (χ0v) is 19.7. The van der Waals surface area contributed by atoms with E-state index in [9.17, 15) is 0 Å². The van der Waals surface area contributed by atoms with Gasteiger partial charge in [0.25, 0.3) is 0 Å². The molecule has 6 nitrogen and oxygen atoms in total. The fraction of sp³-hybridized carbons (Fsp3) is 0.185. The number of rotatable bonds is 6. The molecule has 1 aliphatic rings. The Bertz CT molecular complexity index is 1320. The molecule has 0 fully saturated rings. The lowest BCUT2D eigenvalue weighted by atomic mass is 10.0. The van der Waals surface area contributed by atoms with Gasteiger partial charge in [0, 0.05) is 13.0 Å². The van der Waals surface area contributed by atoms with Crippen molar-refractivity contribution < 1.29 is 4.74 Å². The second kappa shape index (κ2) is 9.97. The number of fused-ring (bicyclic) bond motifs is 1. The Labute approximate surface area is 204 Å². The third kappa shape index (κ3) is 4.75. The molecule has 2 heterocycles. The van der Waals surface area contributed by atoms with Crippen molar-refractivity contribution in [3.63, 3.8) is 0 Å². The number of para-hydroxylation sites is 2. The monoisotopic (exact) mass is 467 g/mol. The van der Waals surface area contributed by atoms with Crippen LogP contribution in [0.25, 0.3) is 11.0 Å². The molecule has 0 bridgehead atoms. The smallest absolute Gasteiger partial charge is 0.190 e. The van der Waals surface area contributed by atoms with Gasteiger partial charge in [-0.3, -0.25) is 4.98 Å². The van der Waals surface area contributed by atoms with Crippen LogP contribution in [0.5, 0.6) is 5.75 Å². The molecule has 7 heteroatoms. The molecular formula is C27H25N5OS. The standard InChI is InChI=1S/C27H25N5OS/c1-33-21-13-11-20(12-14-21)24-17-26(25-18-29-22-9-5-6-10-23(22)30-25)32(31-24)27(34)28-16-15-19-7-3-2-4-8-19/h2-14,18,26H,15-17H2,1H3,(H,28,34). The van der Waals surface area contributed by atoms with Crippen molar-refractivity contribution in [2.45, 2.75) is 18.9 Å². The van der Waals surface area contributed by atoms with Gasteiger partial charge in [-0.25, -0.2) is 9.99 Å². The van der Waals surface area contributed by atoms with E-state index in [1.807, 2.05) is 77.9 Å². The normalized spacial score (nSPS) is 15.3. The summed E-state index contributed by atoms with van der Waals surface area (Å²) in [5.41, 5.74) is 5.83. The minimum Gasteiger partial charge on any atom is -0.497 e. The summed E-state index contributed by atoms with van der Waals surface area (Å²) in [6.07, 6.45) is 3.39. The highest BCUT2D eigenvalue weighted by Gasteiger charge is 2.32. The van der Waals surface area contributed by atoms with E-state index in [0.29, 0.717) is 11.5 Å². The van der Waals surface area contributed by atoms with Gasteiger partial charge in [0.15, 0.2) is 5.11 Å². The third-order valence-electron chi connectivity index (χ3n) is 5.88. The van der Waals surface area contributed by atoms with Gasteiger partial charge in [-0.05, 0) is 66.2 Å². The Morgan fingerprint density at radius 1 is 1.00 bits per heavy atom. The fourth-order valence-electron chi connectivity index (χ4n) is 4.06. The van der Waals surface area contributed by atoms with E-state index in [2.05, 4.69) is 22.4 Å². The first-order valence-electron chi connectivity index (χ1n) is 11.3. The first-order chi connectivity index (χ1) is 16.7. The number of nitrogens with zero attached hydrogens (tertiary/aromatic N) is 4. The molecule has 1 aliphatic heterocycles. The summed E-state index contributed by atoms with van der Waals surface area (Å²) >= 11 is 5.78. The molecule has 0 radical (unpaired) electrons. The van der Waals surface area contributed by atoms with Crippen LogP contribution in [0, 0.1) is 0 Å². The highest BCUT2D eigenvalue weighted by Crippen LogP contribution is 2.32. The van der Waals surface area contributed by atoms with E-state index in [-0.39, 0.29) is 6.04 Å². The summed E-state index contributed by atoms with van der Waals surface area (Å²) in [4.78, 5) is 9.51. The Hall–Kier alpha value is -3.84. The largest absolute Gasteiger partial charge is 0.497 e. The average Bonchev–Trinajstić information content (AvgIpc) is 3.35. The van der Waals surface area contributed by atoms with Crippen molar-refractivity contribution in [3.05, 3.63) is 102 Å². The van der Waals surface area contributed by atoms with Crippen molar-refractivity contribution in [1.29, 1.82) is 0 Å². The molecule has 1 N–H and O–H groups in total. The second-order valence-corrected chi connectivity index (χ2v) is 8.48. The van der Waals surface area contributed by atoms with Crippen LogP contribution >= 0.6 is 12.2 Å². The molecule has 0 spiro atoms. The predicted octanol–water partition coefficient (Wildman–Crippen LogP) is 4.91. The Kier molecular flexibility index (Phi) is 6.44. The molecule has 3 aromatic carbocycles. The summed E-state index contributed by atoms with van der Waals surface area (Å²) in [6, 6.07) is 26.1. The number of aromatic nitrogens is 2. The molecule has 0 amide bonds. The molecule has 1 unspecified atom stereocenters. The van der Waals surface area contributed by atoms with Crippen LogP contribution in [0.1, 0.15) is 29.3 Å². The molecule has 5 rings (SSSR count). The zero-order chi connectivity index (χ0) is 23.3. The maximum Gasteiger partial charge on any atom is 0.190 e. The van der Waals surface area contributed by atoms with Gasteiger partial charge >= 0.3 is 0 Å². The summed E-state index contributed by atoms with van der Waals surface area (Å²) in [5, 5.41) is 10.8. The minimum absolute atomic E-state index is 0.133. The van der Waals surface area contributed by atoms with Gasteiger partial charge in [-0.1, -0.05) is 42.5 Å². The van der Waals surface area contributed by atoms with Gasteiger partial charge in [-0.2, -0.15) is 5.10 Å². The second-order valence-electron chi connectivity index (χ2n) is 8.09. The Balaban J connectivity index is 1.40. The van der Waals surface area contributed by atoms with Gasteiger partial charge in [0.05, 0.1) is 35.7 Å². The van der Waals surface area contributed by atoms with Gasteiger partial charge in [0.2, 0.25) is 0 Å². The van der Waals surface area contributed by atoms with Crippen LogP contribution in [-0.2, 0) is 6.42 Å². The highest BCUT2D eigenvalue weighted by atomic mass is 32.1. The topological polar surface area (TPSA) is 62.6 Å². The highest BCUT2D eigenvalue weighted by molar-refractivity contribution is 7.80. The zero-order valence-electron chi connectivity index (χ0n) is 18.9. The summed E-state index contributed by atoms with van der Waals surface area (Å²) < 4.78 is 5.30. The maximum absolute atomic E-state index is 5.78. The van der Waals surface area contributed by atoms with E-state index in [1.54, 1.807) is 7.11 Å². The quantitative estimate of drug-likeness (QED) is 0.407. The van der Waals surface area contributed by atoms with Crippen LogP contribution in [0.4, 0.5) is 0 Å². The lowest BCUT2D eigenvalue weighted by molar-refractivity contribution is 0.357. The molecule has 1 atom stereocenters. The molecule has 0 saturated heterocycles. The number of thiocarbonyl (C=S) groups is 1. The molecule has 4 aromatic rings. The summed E-state index contributed by atoms with van der Waals surface area (Å²) in [5.74, 6) is 0.814. The first-order valence-corrected chi connectivity index (χ1v) is 11.7. The molecular weight excluding hydrogens is 442 g/mol. The summed E-state index contributed by atoms with van der Waals surface area (Å²) in [6.45, 7) is 0.725.